The van der Waals surface area contributed by atoms with Crippen LogP contribution in [0.15, 0.2) is 41.3 Å². The molecule has 0 radical (unpaired) electrons. The number of rotatable bonds is 4. The van der Waals surface area contributed by atoms with Gasteiger partial charge in [0.2, 0.25) is 0 Å². The van der Waals surface area contributed by atoms with E-state index in [4.69, 9.17) is 10.2 Å². The van der Waals surface area contributed by atoms with Crippen molar-refractivity contribution in [3.05, 3.63) is 52.4 Å². The Hall–Kier alpha value is -2.47. The second-order valence-corrected chi connectivity index (χ2v) is 3.92. The molecule has 2 aromatic rings. The number of aliphatic carboxylic acids is 1. The first-order chi connectivity index (χ1) is 9.13. The van der Waals surface area contributed by atoms with Crippen LogP contribution in [0, 0.1) is 0 Å². The van der Waals surface area contributed by atoms with Crippen molar-refractivity contribution < 1.29 is 15.0 Å². The Morgan fingerprint density at radius 2 is 1.95 bits per heavy atom. The molecular weight excluding hydrogens is 248 g/mol. The number of hydrogen-bond donors (Lipinski definition) is 2. The van der Waals surface area contributed by atoms with Gasteiger partial charge in [0, 0.05) is 11.8 Å². The molecule has 2 N–H and O–H groups in total. The van der Waals surface area contributed by atoms with Crippen molar-refractivity contribution in [2.45, 2.75) is 13.2 Å². The van der Waals surface area contributed by atoms with Crippen LogP contribution in [0.1, 0.15) is 5.56 Å². The second-order valence-electron chi connectivity index (χ2n) is 3.92. The molecule has 98 valence electrons. The summed E-state index contributed by atoms with van der Waals surface area (Å²) >= 11 is 0. The molecule has 0 unspecified atom stereocenters. The fourth-order valence-electron chi connectivity index (χ4n) is 1.74. The Labute approximate surface area is 108 Å². The van der Waals surface area contributed by atoms with Crippen LogP contribution in [0.2, 0.25) is 0 Å². The topological polar surface area (TPSA) is 92.4 Å². The van der Waals surface area contributed by atoms with E-state index in [1.807, 2.05) is 6.07 Å². The highest BCUT2D eigenvalue weighted by molar-refractivity contribution is 5.68. The zero-order chi connectivity index (χ0) is 13.8. The van der Waals surface area contributed by atoms with Gasteiger partial charge in [0.05, 0.1) is 12.2 Å². The van der Waals surface area contributed by atoms with E-state index >= 15 is 0 Å². The maximum atomic E-state index is 12.0. The average Bonchev–Trinajstić information content (AvgIpc) is 2.41. The Kier molecular flexibility index (Phi) is 3.72. The van der Waals surface area contributed by atoms with Crippen LogP contribution in [-0.2, 0) is 17.9 Å². The van der Waals surface area contributed by atoms with E-state index in [2.05, 4.69) is 4.98 Å². The first kappa shape index (κ1) is 13.0. The number of carbonyl (C=O) groups is 1. The van der Waals surface area contributed by atoms with E-state index < -0.39 is 24.7 Å². The molecule has 0 spiro atoms. The highest BCUT2D eigenvalue weighted by Crippen LogP contribution is 2.15. The number of carboxylic acid groups (broad SMARTS) is 1. The standard InChI is InChI=1S/C13H12N2O4/c16-8-10-6-14-12(9-4-2-1-3-5-9)15(13(10)19)7-11(17)18/h1-6,16H,7-8H2,(H,17,18). The number of aromatic nitrogens is 2. The lowest BCUT2D eigenvalue weighted by molar-refractivity contribution is -0.137. The minimum absolute atomic E-state index is 0.0703. The molecule has 0 aliphatic carbocycles. The van der Waals surface area contributed by atoms with Gasteiger partial charge in [-0.1, -0.05) is 30.3 Å². The minimum Gasteiger partial charge on any atom is -0.480 e. The second kappa shape index (κ2) is 5.45. The Balaban J connectivity index is 2.64. The lowest BCUT2D eigenvalue weighted by Gasteiger charge is -2.11. The lowest BCUT2D eigenvalue weighted by atomic mass is 10.2. The molecule has 0 atom stereocenters. The van der Waals surface area contributed by atoms with Crippen molar-refractivity contribution in [2.24, 2.45) is 0 Å². The van der Waals surface area contributed by atoms with Crippen molar-refractivity contribution in [1.29, 1.82) is 0 Å². The summed E-state index contributed by atoms with van der Waals surface area (Å²) in [6.45, 7) is -0.968. The van der Waals surface area contributed by atoms with E-state index in [1.54, 1.807) is 24.3 Å². The van der Waals surface area contributed by atoms with E-state index in [0.717, 1.165) is 4.57 Å². The van der Waals surface area contributed by atoms with Gasteiger partial charge in [0.1, 0.15) is 12.4 Å². The van der Waals surface area contributed by atoms with Crippen LogP contribution in [0.3, 0.4) is 0 Å². The number of carboxylic acids is 1. The number of hydrogen-bond acceptors (Lipinski definition) is 4. The molecular formula is C13H12N2O4. The quantitative estimate of drug-likeness (QED) is 0.834. The maximum absolute atomic E-state index is 12.0. The molecule has 1 aromatic heterocycles. The van der Waals surface area contributed by atoms with Crippen LogP contribution in [0.5, 0.6) is 0 Å². The van der Waals surface area contributed by atoms with Gasteiger partial charge in [-0.3, -0.25) is 14.2 Å². The zero-order valence-electron chi connectivity index (χ0n) is 9.98. The summed E-state index contributed by atoms with van der Waals surface area (Å²) in [5, 5.41) is 17.9. The zero-order valence-corrected chi connectivity index (χ0v) is 9.98. The SMILES string of the molecule is O=C(O)Cn1c(-c2ccccc2)ncc(CO)c1=O. The first-order valence-electron chi connectivity index (χ1n) is 5.60. The Morgan fingerprint density at radius 3 is 2.53 bits per heavy atom. The largest absolute Gasteiger partial charge is 0.480 e. The molecule has 6 heteroatoms. The summed E-state index contributed by atoms with van der Waals surface area (Å²) in [7, 11) is 0. The molecule has 6 nitrogen and oxygen atoms in total. The molecule has 0 aliphatic heterocycles. The van der Waals surface area contributed by atoms with Gasteiger partial charge >= 0.3 is 5.97 Å². The molecule has 1 heterocycles. The lowest BCUT2D eigenvalue weighted by Crippen LogP contribution is -2.29. The minimum atomic E-state index is -1.14. The number of nitrogens with zero attached hydrogens (tertiary/aromatic N) is 2. The molecule has 2 rings (SSSR count). The summed E-state index contributed by atoms with van der Waals surface area (Å²) in [6, 6.07) is 8.82. The summed E-state index contributed by atoms with van der Waals surface area (Å²) in [5.41, 5.74) is 0.171. The first-order valence-corrected chi connectivity index (χ1v) is 5.60. The molecule has 0 saturated carbocycles. The van der Waals surface area contributed by atoms with Crippen molar-refractivity contribution in [2.75, 3.05) is 0 Å². The van der Waals surface area contributed by atoms with Gasteiger partial charge in [-0.15, -0.1) is 0 Å². The smallest absolute Gasteiger partial charge is 0.323 e. The summed E-state index contributed by atoms with van der Waals surface area (Å²) in [5.74, 6) is -0.874. The van der Waals surface area contributed by atoms with Crippen molar-refractivity contribution >= 4 is 5.97 Å². The normalized spacial score (nSPS) is 10.4. The third-order valence-electron chi connectivity index (χ3n) is 2.61. The van der Waals surface area contributed by atoms with Crippen molar-refractivity contribution in [3.63, 3.8) is 0 Å². The van der Waals surface area contributed by atoms with E-state index in [9.17, 15) is 9.59 Å². The van der Waals surface area contributed by atoms with Gasteiger partial charge in [0.25, 0.3) is 5.56 Å². The van der Waals surface area contributed by atoms with Crippen LogP contribution in [0.25, 0.3) is 11.4 Å². The molecule has 0 saturated heterocycles. The highest BCUT2D eigenvalue weighted by Gasteiger charge is 2.13. The Morgan fingerprint density at radius 1 is 1.26 bits per heavy atom. The van der Waals surface area contributed by atoms with Crippen LogP contribution >= 0.6 is 0 Å². The molecule has 0 bridgehead atoms. The third-order valence-corrected chi connectivity index (χ3v) is 2.61. The highest BCUT2D eigenvalue weighted by atomic mass is 16.4. The van der Waals surface area contributed by atoms with Crippen LogP contribution in [-0.4, -0.2) is 25.7 Å². The summed E-state index contributed by atoms with van der Waals surface area (Å²) in [6.07, 6.45) is 1.27. The van der Waals surface area contributed by atoms with Gasteiger partial charge in [-0.25, -0.2) is 4.98 Å². The van der Waals surface area contributed by atoms with Crippen molar-refractivity contribution in [3.8, 4) is 11.4 Å². The molecule has 19 heavy (non-hydrogen) atoms. The predicted octanol–water partition coefficient (Wildman–Crippen LogP) is 0.487. The number of aliphatic hydroxyl groups is 1. The van der Waals surface area contributed by atoms with Gasteiger partial charge in [0.15, 0.2) is 0 Å². The molecule has 0 aliphatic rings. The monoisotopic (exact) mass is 260 g/mol. The Bertz CT molecular complexity index is 649. The fourth-order valence-corrected chi connectivity index (χ4v) is 1.74. The maximum Gasteiger partial charge on any atom is 0.323 e. The van der Waals surface area contributed by atoms with Crippen molar-refractivity contribution in [1.82, 2.24) is 9.55 Å². The number of aliphatic hydroxyl groups excluding tert-OH is 1. The third kappa shape index (κ3) is 2.69. The van der Waals surface area contributed by atoms with E-state index in [-0.39, 0.29) is 11.4 Å². The van der Waals surface area contributed by atoms with E-state index in [1.165, 1.54) is 6.20 Å². The van der Waals surface area contributed by atoms with E-state index in [0.29, 0.717) is 5.56 Å². The fraction of sp³-hybridized carbons (Fsp3) is 0.154. The van der Waals surface area contributed by atoms with Gasteiger partial charge in [-0.05, 0) is 0 Å². The summed E-state index contributed by atoms with van der Waals surface area (Å²) in [4.78, 5) is 27.0. The molecule has 1 aromatic carbocycles. The van der Waals surface area contributed by atoms with Crippen LogP contribution in [0.4, 0.5) is 0 Å². The van der Waals surface area contributed by atoms with Crippen LogP contribution < -0.4 is 5.56 Å². The summed E-state index contributed by atoms with van der Waals surface area (Å²) < 4.78 is 1.04. The average molecular weight is 260 g/mol. The van der Waals surface area contributed by atoms with Gasteiger partial charge in [-0.2, -0.15) is 0 Å². The number of benzene rings is 1. The molecule has 0 amide bonds. The van der Waals surface area contributed by atoms with Gasteiger partial charge < -0.3 is 10.2 Å². The molecule has 0 fully saturated rings. The predicted molar refractivity (Wildman–Crippen MR) is 67.5 cm³/mol.